The highest BCUT2D eigenvalue weighted by Crippen LogP contribution is 2.27. The van der Waals surface area contributed by atoms with E-state index in [-0.39, 0.29) is 29.4 Å². The number of rotatable bonds is 6. The standard InChI is InChI=1S/C25H30F2N2O3/c1-16(2)15-21(28-24(30)19-7-9-20(26)10-8-19)18-11-13-29(14-12-18)25(31)32-22-6-4-5-17(3)23(22)27/h4-10,16,18,21H,11-15H2,1-3H3,(H,28,30). The Morgan fingerprint density at radius 1 is 1.09 bits per heavy atom. The molecule has 1 unspecified atom stereocenters. The molecule has 5 nitrogen and oxygen atoms in total. The summed E-state index contributed by atoms with van der Waals surface area (Å²) in [6.07, 6.45) is 1.64. The van der Waals surface area contributed by atoms with Crippen molar-refractivity contribution < 1.29 is 23.1 Å². The van der Waals surface area contributed by atoms with Crippen LogP contribution in [0.3, 0.4) is 0 Å². The van der Waals surface area contributed by atoms with E-state index in [1.54, 1.807) is 24.0 Å². The van der Waals surface area contributed by atoms with Crippen molar-refractivity contribution in [1.82, 2.24) is 10.2 Å². The van der Waals surface area contributed by atoms with Crippen LogP contribution in [-0.2, 0) is 0 Å². The van der Waals surface area contributed by atoms with Crippen LogP contribution in [0, 0.1) is 30.4 Å². The fraction of sp³-hybridized carbons (Fsp3) is 0.440. The summed E-state index contributed by atoms with van der Waals surface area (Å²) in [6.45, 7) is 6.75. The van der Waals surface area contributed by atoms with Crippen LogP contribution >= 0.6 is 0 Å². The van der Waals surface area contributed by atoms with Gasteiger partial charge in [0.25, 0.3) is 5.91 Å². The lowest BCUT2D eigenvalue weighted by molar-refractivity contribution is 0.0870. The molecule has 1 atom stereocenters. The predicted molar refractivity (Wildman–Crippen MR) is 119 cm³/mol. The van der Waals surface area contributed by atoms with E-state index in [2.05, 4.69) is 19.2 Å². The van der Waals surface area contributed by atoms with Crippen molar-refractivity contribution in [3.05, 3.63) is 65.2 Å². The average Bonchev–Trinajstić information content (AvgIpc) is 2.76. The smallest absolute Gasteiger partial charge is 0.407 e. The third-order valence-corrected chi connectivity index (χ3v) is 5.87. The highest BCUT2D eigenvalue weighted by Gasteiger charge is 2.31. The Morgan fingerprint density at radius 2 is 1.75 bits per heavy atom. The number of hydrogen-bond acceptors (Lipinski definition) is 3. The fourth-order valence-corrected chi connectivity index (χ4v) is 4.07. The number of halogens is 2. The van der Waals surface area contributed by atoms with Crippen LogP contribution in [0.5, 0.6) is 5.75 Å². The van der Waals surface area contributed by atoms with Gasteiger partial charge < -0.3 is 15.0 Å². The maximum Gasteiger partial charge on any atom is 0.415 e. The topological polar surface area (TPSA) is 58.6 Å². The summed E-state index contributed by atoms with van der Waals surface area (Å²) >= 11 is 0. The van der Waals surface area contributed by atoms with Crippen molar-refractivity contribution in [2.45, 2.75) is 46.1 Å². The highest BCUT2D eigenvalue weighted by atomic mass is 19.1. The van der Waals surface area contributed by atoms with Gasteiger partial charge in [0.2, 0.25) is 0 Å². The molecule has 1 N–H and O–H groups in total. The second-order valence-corrected chi connectivity index (χ2v) is 8.80. The van der Waals surface area contributed by atoms with Crippen LogP contribution in [-0.4, -0.2) is 36.0 Å². The normalized spacial score (nSPS) is 15.5. The number of carbonyl (C=O) groups excluding carboxylic acids is 2. The van der Waals surface area contributed by atoms with E-state index < -0.39 is 11.9 Å². The molecule has 172 valence electrons. The summed E-state index contributed by atoms with van der Waals surface area (Å²) < 4.78 is 32.6. The maximum absolute atomic E-state index is 14.1. The molecule has 0 saturated carbocycles. The monoisotopic (exact) mass is 444 g/mol. The molecule has 2 aromatic rings. The van der Waals surface area contributed by atoms with Gasteiger partial charge in [-0.25, -0.2) is 13.6 Å². The Kier molecular flexibility index (Phi) is 7.83. The minimum atomic E-state index is -0.566. The number of hydrogen-bond donors (Lipinski definition) is 1. The number of nitrogens with one attached hydrogen (secondary N) is 1. The molecule has 0 bridgehead atoms. The average molecular weight is 445 g/mol. The Hall–Kier alpha value is -2.96. The largest absolute Gasteiger partial charge is 0.415 e. The Balaban J connectivity index is 1.59. The minimum Gasteiger partial charge on any atom is -0.407 e. The molecule has 1 fully saturated rings. The zero-order chi connectivity index (χ0) is 23.3. The number of carbonyl (C=O) groups is 2. The number of ether oxygens (including phenoxy) is 1. The number of piperidine rings is 1. The van der Waals surface area contributed by atoms with Gasteiger partial charge in [0.1, 0.15) is 5.82 Å². The van der Waals surface area contributed by atoms with Crippen LogP contribution in [0.25, 0.3) is 0 Å². The number of amides is 2. The number of nitrogens with zero attached hydrogens (tertiary/aromatic N) is 1. The minimum absolute atomic E-state index is 0.0556. The zero-order valence-corrected chi connectivity index (χ0v) is 18.7. The molecule has 0 radical (unpaired) electrons. The van der Waals surface area contributed by atoms with Gasteiger partial charge in [0, 0.05) is 24.7 Å². The summed E-state index contributed by atoms with van der Waals surface area (Å²) in [5, 5.41) is 3.11. The van der Waals surface area contributed by atoms with Gasteiger partial charge in [0.15, 0.2) is 11.6 Å². The fourth-order valence-electron chi connectivity index (χ4n) is 4.07. The molecule has 1 aliphatic heterocycles. The molecular weight excluding hydrogens is 414 g/mol. The van der Waals surface area contributed by atoms with E-state index in [1.165, 1.54) is 30.3 Å². The van der Waals surface area contributed by atoms with Gasteiger partial charge in [0.05, 0.1) is 0 Å². The third-order valence-electron chi connectivity index (χ3n) is 5.87. The molecule has 32 heavy (non-hydrogen) atoms. The van der Waals surface area contributed by atoms with E-state index in [1.807, 2.05) is 0 Å². The van der Waals surface area contributed by atoms with E-state index in [4.69, 9.17) is 4.74 Å². The lowest BCUT2D eigenvalue weighted by Crippen LogP contribution is -2.47. The second-order valence-electron chi connectivity index (χ2n) is 8.80. The molecule has 2 aromatic carbocycles. The van der Waals surface area contributed by atoms with Crippen molar-refractivity contribution in [2.75, 3.05) is 13.1 Å². The van der Waals surface area contributed by atoms with Crippen molar-refractivity contribution in [3.8, 4) is 5.75 Å². The quantitative estimate of drug-likeness (QED) is 0.655. The van der Waals surface area contributed by atoms with Crippen molar-refractivity contribution in [3.63, 3.8) is 0 Å². The predicted octanol–water partition coefficient (Wildman–Crippen LogP) is 5.33. The molecule has 1 aliphatic rings. The lowest BCUT2D eigenvalue weighted by atomic mass is 9.85. The van der Waals surface area contributed by atoms with E-state index in [9.17, 15) is 18.4 Å². The molecule has 7 heteroatoms. The Morgan fingerprint density at radius 3 is 2.38 bits per heavy atom. The van der Waals surface area contributed by atoms with E-state index >= 15 is 0 Å². The molecule has 0 aliphatic carbocycles. The molecule has 0 spiro atoms. The molecule has 2 amide bonds. The number of aryl methyl sites for hydroxylation is 1. The zero-order valence-electron chi connectivity index (χ0n) is 18.7. The van der Waals surface area contributed by atoms with Gasteiger partial charge in [-0.05, 0) is 73.9 Å². The first-order valence-electron chi connectivity index (χ1n) is 11.0. The first kappa shape index (κ1) is 23.7. The summed E-state index contributed by atoms with van der Waals surface area (Å²) in [5.74, 6) is -0.641. The Labute approximate surface area is 187 Å². The first-order chi connectivity index (χ1) is 15.2. The molecule has 1 saturated heterocycles. The maximum atomic E-state index is 14.1. The highest BCUT2D eigenvalue weighted by molar-refractivity contribution is 5.94. The van der Waals surface area contributed by atoms with Crippen molar-refractivity contribution >= 4 is 12.0 Å². The van der Waals surface area contributed by atoms with E-state index in [0.29, 0.717) is 43.0 Å². The van der Waals surface area contributed by atoms with Crippen LogP contribution < -0.4 is 10.1 Å². The summed E-state index contributed by atoms with van der Waals surface area (Å²) in [6, 6.07) is 10.1. The van der Waals surface area contributed by atoms with Crippen LogP contribution in [0.4, 0.5) is 13.6 Å². The van der Waals surface area contributed by atoms with Crippen molar-refractivity contribution in [2.24, 2.45) is 11.8 Å². The van der Waals surface area contributed by atoms with Gasteiger partial charge in [-0.3, -0.25) is 4.79 Å². The van der Waals surface area contributed by atoms with Crippen molar-refractivity contribution in [1.29, 1.82) is 0 Å². The molecule has 3 rings (SSSR count). The molecule has 1 heterocycles. The Bertz CT molecular complexity index is 939. The van der Waals surface area contributed by atoms with E-state index in [0.717, 1.165) is 6.42 Å². The van der Waals surface area contributed by atoms with Gasteiger partial charge in [-0.1, -0.05) is 26.0 Å². The second kappa shape index (κ2) is 10.6. The van der Waals surface area contributed by atoms with Crippen LogP contribution in [0.2, 0.25) is 0 Å². The number of likely N-dealkylation sites (tertiary alicyclic amines) is 1. The number of benzene rings is 2. The summed E-state index contributed by atoms with van der Waals surface area (Å²) in [5.41, 5.74) is 0.837. The molecule has 0 aromatic heterocycles. The van der Waals surface area contributed by atoms with Crippen LogP contribution in [0.1, 0.15) is 49.0 Å². The van der Waals surface area contributed by atoms with Crippen LogP contribution in [0.15, 0.2) is 42.5 Å². The summed E-state index contributed by atoms with van der Waals surface area (Å²) in [4.78, 5) is 26.8. The third kappa shape index (κ3) is 6.05. The SMILES string of the molecule is Cc1cccc(OC(=O)N2CCC(C(CC(C)C)NC(=O)c3ccc(F)cc3)CC2)c1F. The van der Waals surface area contributed by atoms with Gasteiger partial charge in [-0.15, -0.1) is 0 Å². The first-order valence-corrected chi connectivity index (χ1v) is 11.0. The summed E-state index contributed by atoms with van der Waals surface area (Å²) in [7, 11) is 0. The van der Waals surface area contributed by atoms with Gasteiger partial charge in [-0.2, -0.15) is 0 Å². The lowest BCUT2D eigenvalue weighted by Gasteiger charge is -2.36. The molecular formula is C25H30F2N2O3. The van der Waals surface area contributed by atoms with Gasteiger partial charge >= 0.3 is 6.09 Å².